The first kappa shape index (κ1) is 19.8. The molecule has 2 aromatic rings. The molecule has 0 heterocycles. The number of nitrogens with two attached hydrogens (primary N) is 1. The van der Waals surface area contributed by atoms with Gasteiger partial charge in [0.25, 0.3) is 5.91 Å². The lowest BCUT2D eigenvalue weighted by atomic mass is 10.2. The molecule has 8 heteroatoms. The molecule has 0 unspecified atom stereocenters. The fourth-order valence-corrected chi connectivity index (χ4v) is 2.07. The van der Waals surface area contributed by atoms with Crippen molar-refractivity contribution in [3.63, 3.8) is 0 Å². The third-order valence-electron chi connectivity index (χ3n) is 3.41. The lowest BCUT2D eigenvalue weighted by Gasteiger charge is -2.14. The predicted molar refractivity (Wildman–Crippen MR) is 99.3 cm³/mol. The monoisotopic (exact) mass is 371 g/mol. The van der Waals surface area contributed by atoms with Crippen LogP contribution in [0.5, 0.6) is 11.5 Å². The molecule has 4 N–H and O–H groups in total. The van der Waals surface area contributed by atoms with Crippen molar-refractivity contribution in [3.05, 3.63) is 54.6 Å². The van der Waals surface area contributed by atoms with Gasteiger partial charge in [0.05, 0.1) is 6.42 Å². The Hall–Kier alpha value is -3.55. The van der Waals surface area contributed by atoms with Crippen LogP contribution in [0.15, 0.2) is 54.6 Å². The Morgan fingerprint density at radius 1 is 1.00 bits per heavy atom. The molecule has 1 atom stereocenters. The predicted octanol–water partition coefficient (Wildman–Crippen LogP) is 2.41. The summed E-state index contributed by atoms with van der Waals surface area (Å²) in [5.74, 6) is 0.252. The molecule has 142 valence electrons. The minimum atomic E-state index is -0.980. The summed E-state index contributed by atoms with van der Waals surface area (Å²) in [6.07, 6.45) is -1.06. The highest BCUT2D eigenvalue weighted by Gasteiger charge is 2.17. The number of rotatable bonds is 8. The van der Waals surface area contributed by atoms with Crippen LogP contribution in [0.2, 0.25) is 0 Å². The van der Waals surface area contributed by atoms with Crippen LogP contribution in [0.25, 0.3) is 0 Å². The molecule has 0 aliphatic heterocycles. The Morgan fingerprint density at radius 2 is 1.63 bits per heavy atom. The standard InChI is InChI=1S/C19H21N3O5/c1-13(26-17(23)11-12-21-19(20)25)18(24)22-14-7-9-16(10-8-14)27-15-5-3-2-4-6-15/h2-10,13H,11-12H2,1H3,(H,22,24)(H3,20,21,25)/t13-/m0/s1. The molecular formula is C19H21N3O5. The molecule has 0 aliphatic carbocycles. The molecule has 2 rings (SSSR count). The van der Waals surface area contributed by atoms with Crippen molar-refractivity contribution in [2.24, 2.45) is 5.73 Å². The second-order valence-corrected chi connectivity index (χ2v) is 5.60. The number of hydrogen-bond donors (Lipinski definition) is 3. The minimum absolute atomic E-state index is 0.0470. The first-order chi connectivity index (χ1) is 12.9. The topological polar surface area (TPSA) is 120 Å². The van der Waals surface area contributed by atoms with Crippen molar-refractivity contribution < 1.29 is 23.9 Å². The Labute approximate surface area is 156 Å². The van der Waals surface area contributed by atoms with E-state index in [9.17, 15) is 14.4 Å². The number of amides is 3. The maximum Gasteiger partial charge on any atom is 0.312 e. The fourth-order valence-electron chi connectivity index (χ4n) is 2.07. The van der Waals surface area contributed by atoms with E-state index in [0.29, 0.717) is 17.2 Å². The van der Waals surface area contributed by atoms with Crippen LogP contribution in [0.4, 0.5) is 10.5 Å². The summed E-state index contributed by atoms with van der Waals surface area (Å²) in [4.78, 5) is 34.2. The van der Waals surface area contributed by atoms with E-state index in [0.717, 1.165) is 0 Å². The highest BCUT2D eigenvalue weighted by atomic mass is 16.5. The Morgan fingerprint density at radius 3 is 2.26 bits per heavy atom. The van der Waals surface area contributed by atoms with E-state index in [4.69, 9.17) is 15.2 Å². The summed E-state index contributed by atoms with van der Waals surface area (Å²) in [6, 6.07) is 15.4. The lowest BCUT2D eigenvalue weighted by Crippen LogP contribution is -2.33. The van der Waals surface area contributed by atoms with E-state index in [2.05, 4.69) is 10.6 Å². The van der Waals surface area contributed by atoms with E-state index >= 15 is 0 Å². The lowest BCUT2D eigenvalue weighted by molar-refractivity contribution is -0.153. The molecule has 0 aliphatic rings. The molecule has 8 nitrogen and oxygen atoms in total. The zero-order valence-corrected chi connectivity index (χ0v) is 14.8. The van der Waals surface area contributed by atoms with Crippen LogP contribution in [0.3, 0.4) is 0 Å². The van der Waals surface area contributed by atoms with Crippen molar-refractivity contribution in [1.29, 1.82) is 0 Å². The Balaban J connectivity index is 1.80. The first-order valence-corrected chi connectivity index (χ1v) is 8.30. The molecular weight excluding hydrogens is 350 g/mol. The first-order valence-electron chi connectivity index (χ1n) is 8.30. The second-order valence-electron chi connectivity index (χ2n) is 5.60. The van der Waals surface area contributed by atoms with E-state index in [-0.39, 0.29) is 13.0 Å². The van der Waals surface area contributed by atoms with Gasteiger partial charge in [-0.3, -0.25) is 9.59 Å². The zero-order valence-electron chi connectivity index (χ0n) is 14.8. The number of nitrogens with one attached hydrogen (secondary N) is 2. The summed E-state index contributed by atoms with van der Waals surface area (Å²) in [7, 11) is 0. The highest BCUT2D eigenvalue weighted by molar-refractivity contribution is 5.95. The van der Waals surface area contributed by atoms with E-state index < -0.39 is 24.0 Å². The number of ether oxygens (including phenoxy) is 2. The Kier molecular flexibility index (Phi) is 7.18. The van der Waals surface area contributed by atoms with Gasteiger partial charge in [-0.2, -0.15) is 0 Å². The Bertz CT molecular complexity index is 778. The van der Waals surface area contributed by atoms with Gasteiger partial charge in [0.1, 0.15) is 11.5 Å². The number of anilines is 1. The van der Waals surface area contributed by atoms with E-state index in [1.165, 1.54) is 6.92 Å². The van der Waals surface area contributed by atoms with Gasteiger partial charge in [0.2, 0.25) is 0 Å². The number of carbonyl (C=O) groups excluding carboxylic acids is 3. The molecule has 0 saturated carbocycles. The highest BCUT2D eigenvalue weighted by Crippen LogP contribution is 2.22. The third-order valence-corrected chi connectivity index (χ3v) is 3.41. The quantitative estimate of drug-likeness (QED) is 0.616. The molecule has 0 aromatic heterocycles. The average Bonchev–Trinajstić information content (AvgIpc) is 2.63. The molecule has 0 fully saturated rings. The van der Waals surface area contributed by atoms with Crippen LogP contribution in [0.1, 0.15) is 13.3 Å². The number of esters is 1. The fraction of sp³-hybridized carbons (Fsp3) is 0.211. The van der Waals surface area contributed by atoms with Crippen LogP contribution in [-0.4, -0.2) is 30.6 Å². The minimum Gasteiger partial charge on any atom is -0.457 e. The summed E-state index contributed by atoms with van der Waals surface area (Å²) < 4.78 is 10.7. The van der Waals surface area contributed by atoms with Crippen molar-refractivity contribution in [2.45, 2.75) is 19.4 Å². The van der Waals surface area contributed by atoms with Crippen molar-refractivity contribution >= 4 is 23.6 Å². The molecule has 3 amide bonds. The van der Waals surface area contributed by atoms with Crippen molar-refractivity contribution in [2.75, 3.05) is 11.9 Å². The molecule has 0 spiro atoms. The van der Waals surface area contributed by atoms with Gasteiger partial charge in [0.15, 0.2) is 6.10 Å². The number of hydrogen-bond acceptors (Lipinski definition) is 5. The van der Waals surface area contributed by atoms with Gasteiger partial charge in [-0.15, -0.1) is 0 Å². The number of para-hydroxylation sites is 1. The van der Waals surface area contributed by atoms with Gasteiger partial charge >= 0.3 is 12.0 Å². The molecule has 0 bridgehead atoms. The van der Waals surface area contributed by atoms with Crippen molar-refractivity contribution in [1.82, 2.24) is 5.32 Å². The van der Waals surface area contributed by atoms with E-state index in [1.807, 2.05) is 30.3 Å². The van der Waals surface area contributed by atoms with Crippen LogP contribution in [0, 0.1) is 0 Å². The normalized spacial score (nSPS) is 11.1. The summed E-state index contributed by atoms with van der Waals surface area (Å²) in [5.41, 5.74) is 5.43. The van der Waals surface area contributed by atoms with Gasteiger partial charge in [0, 0.05) is 12.2 Å². The second kappa shape index (κ2) is 9.81. The number of benzene rings is 2. The summed E-state index contributed by atoms with van der Waals surface area (Å²) in [6.45, 7) is 1.51. The molecule has 0 radical (unpaired) electrons. The maximum atomic E-state index is 12.1. The van der Waals surface area contributed by atoms with Gasteiger partial charge in [-0.05, 0) is 43.3 Å². The van der Waals surface area contributed by atoms with E-state index in [1.54, 1.807) is 24.3 Å². The van der Waals surface area contributed by atoms with Gasteiger partial charge in [-0.25, -0.2) is 4.79 Å². The smallest absolute Gasteiger partial charge is 0.312 e. The molecule has 0 saturated heterocycles. The van der Waals surface area contributed by atoms with Crippen LogP contribution >= 0.6 is 0 Å². The SMILES string of the molecule is C[C@H](OC(=O)CCNC(N)=O)C(=O)Nc1ccc(Oc2ccccc2)cc1. The summed E-state index contributed by atoms with van der Waals surface area (Å²) in [5, 5.41) is 4.92. The number of primary amides is 1. The number of carbonyl (C=O) groups is 3. The van der Waals surface area contributed by atoms with Gasteiger partial charge < -0.3 is 25.8 Å². The molecule has 27 heavy (non-hydrogen) atoms. The van der Waals surface area contributed by atoms with Crippen LogP contribution < -0.4 is 21.1 Å². The van der Waals surface area contributed by atoms with Crippen molar-refractivity contribution in [3.8, 4) is 11.5 Å². The maximum absolute atomic E-state index is 12.1. The van der Waals surface area contributed by atoms with Crippen LogP contribution in [-0.2, 0) is 14.3 Å². The largest absolute Gasteiger partial charge is 0.457 e. The third kappa shape index (κ3) is 7.07. The van der Waals surface area contributed by atoms with Gasteiger partial charge in [-0.1, -0.05) is 18.2 Å². The zero-order chi connectivity index (χ0) is 19.6. The molecule has 2 aromatic carbocycles. The summed E-state index contributed by atoms with van der Waals surface area (Å²) >= 11 is 0. The average molecular weight is 371 g/mol. The number of urea groups is 1.